The van der Waals surface area contributed by atoms with E-state index in [-0.39, 0.29) is 24.0 Å². The second-order valence-electron chi connectivity index (χ2n) is 11.2. The summed E-state index contributed by atoms with van der Waals surface area (Å²) in [7, 11) is 0. The van der Waals surface area contributed by atoms with Gasteiger partial charge in [-0.05, 0) is 60.7 Å². The second-order valence-corrected chi connectivity index (χ2v) is 11.2. The standard InChI is InChI=1S/C32H32N4O2/c1-20-17-36(18-21(2)38-20)19-23-9-7-22(8-10-23)11-14-28-25-13-12-24(15-30(25)35-34-28)27-16-32(27)26-5-3-4-6-29(26)33-31(32)37/h3-15,20-21,27H,16-19H2,1-2H3,(H,33,37)(H,34,35)/b14-11+/t20-,21+,27?,32-/m0/s1. The lowest BCUT2D eigenvalue weighted by Gasteiger charge is -2.35. The number of hydrogen-bond donors (Lipinski definition) is 2. The molecule has 1 aromatic heterocycles. The molecule has 4 aromatic rings. The Bertz CT molecular complexity index is 1550. The summed E-state index contributed by atoms with van der Waals surface area (Å²) in [5.41, 5.74) is 7.23. The van der Waals surface area contributed by atoms with Crippen LogP contribution in [-0.2, 0) is 21.5 Å². The van der Waals surface area contributed by atoms with Gasteiger partial charge in [0, 0.05) is 36.6 Å². The number of aromatic nitrogens is 2. The Hall–Kier alpha value is -3.74. The van der Waals surface area contributed by atoms with Crippen LogP contribution in [0.1, 0.15) is 54.1 Å². The highest BCUT2D eigenvalue weighted by Gasteiger charge is 2.65. The van der Waals surface area contributed by atoms with Crippen molar-refractivity contribution in [1.29, 1.82) is 0 Å². The second kappa shape index (κ2) is 8.93. The van der Waals surface area contributed by atoms with Crippen molar-refractivity contribution in [3.63, 3.8) is 0 Å². The number of nitrogens with zero attached hydrogens (tertiary/aromatic N) is 2. The molecule has 3 heterocycles. The molecule has 2 fully saturated rings. The largest absolute Gasteiger partial charge is 0.373 e. The van der Waals surface area contributed by atoms with E-state index in [1.165, 1.54) is 11.1 Å². The highest BCUT2D eigenvalue weighted by atomic mass is 16.5. The van der Waals surface area contributed by atoms with E-state index in [0.717, 1.165) is 59.5 Å². The molecule has 38 heavy (non-hydrogen) atoms. The molecule has 2 aliphatic heterocycles. The maximum absolute atomic E-state index is 12.9. The Kier molecular flexibility index (Phi) is 5.49. The zero-order valence-corrected chi connectivity index (χ0v) is 21.8. The Balaban J connectivity index is 1.05. The Morgan fingerprint density at radius 1 is 1.03 bits per heavy atom. The summed E-state index contributed by atoms with van der Waals surface area (Å²) >= 11 is 0. The van der Waals surface area contributed by atoms with Crippen LogP contribution in [0.5, 0.6) is 0 Å². The number of amides is 1. The lowest BCUT2D eigenvalue weighted by atomic mass is 9.92. The fourth-order valence-corrected chi connectivity index (χ4v) is 6.53. The van der Waals surface area contributed by atoms with Crippen LogP contribution >= 0.6 is 0 Å². The van der Waals surface area contributed by atoms with Crippen LogP contribution in [0.4, 0.5) is 5.69 Å². The van der Waals surface area contributed by atoms with E-state index in [1.807, 2.05) is 18.2 Å². The molecule has 0 radical (unpaired) electrons. The van der Waals surface area contributed by atoms with Crippen LogP contribution in [0.15, 0.2) is 66.7 Å². The fourth-order valence-electron chi connectivity index (χ4n) is 6.53. The summed E-state index contributed by atoms with van der Waals surface area (Å²) in [6.07, 6.45) is 5.59. The maximum Gasteiger partial charge on any atom is 0.235 e. The van der Waals surface area contributed by atoms with Gasteiger partial charge in [-0.3, -0.25) is 14.8 Å². The number of hydrogen-bond acceptors (Lipinski definition) is 4. The van der Waals surface area contributed by atoms with Crippen LogP contribution < -0.4 is 5.32 Å². The van der Waals surface area contributed by atoms with Gasteiger partial charge in [0.1, 0.15) is 0 Å². The Labute approximate surface area is 222 Å². The van der Waals surface area contributed by atoms with Crippen molar-refractivity contribution in [3.05, 3.63) is 94.7 Å². The SMILES string of the molecule is C[C@@H]1CN(Cc2ccc(/C=C/c3n[nH]c4cc(C5C[C@@]56C(=O)Nc5ccccc56)ccc34)cc2)C[C@H](C)O1. The topological polar surface area (TPSA) is 70.2 Å². The number of ether oxygens (including phenoxy) is 1. The number of fused-ring (bicyclic) bond motifs is 3. The van der Waals surface area contributed by atoms with Gasteiger partial charge < -0.3 is 10.1 Å². The van der Waals surface area contributed by atoms with Crippen molar-refractivity contribution >= 4 is 34.6 Å². The third-order valence-corrected chi connectivity index (χ3v) is 8.36. The maximum atomic E-state index is 12.9. The molecule has 0 bridgehead atoms. The normalized spacial score (nSPS) is 26.8. The first-order chi connectivity index (χ1) is 18.5. The number of benzene rings is 3. The molecule has 1 saturated carbocycles. The van der Waals surface area contributed by atoms with Crippen molar-refractivity contribution in [1.82, 2.24) is 15.1 Å². The van der Waals surface area contributed by atoms with Gasteiger partial charge in [-0.2, -0.15) is 5.10 Å². The highest BCUT2D eigenvalue weighted by Crippen LogP contribution is 2.64. The minimum Gasteiger partial charge on any atom is -0.373 e. The van der Waals surface area contributed by atoms with Gasteiger partial charge in [-0.25, -0.2) is 0 Å². The number of carbonyl (C=O) groups is 1. The van der Waals surface area contributed by atoms with E-state index in [0.29, 0.717) is 0 Å². The van der Waals surface area contributed by atoms with E-state index in [9.17, 15) is 4.79 Å². The van der Waals surface area contributed by atoms with Gasteiger partial charge in [-0.15, -0.1) is 0 Å². The molecular weight excluding hydrogens is 472 g/mol. The first kappa shape index (κ1) is 23.4. The van der Waals surface area contributed by atoms with E-state index in [2.05, 4.69) is 94.9 Å². The van der Waals surface area contributed by atoms with Crippen molar-refractivity contribution in [2.24, 2.45) is 0 Å². The van der Waals surface area contributed by atoms with Crippen molar-refractivity contribution in [3.8, 4) is 0 Å². The van der Waals surface area contributed by atoms with E-state index in [4.69, 9.17) is 4.74 Å². The lowest BCUT2D eigenvalue weighted by Crippen LogP contribution is -2.44. The van der Waals surface area contributed by atoms with Crippen molar-refractivity contribution in [2.45, 2.75) is 50.4 Å². The Morgan fingerprint density at radius 3 is 2.63 bits per heavy atom. The number of rotatable bonds is 5. The van der Waals surface area contributed by atoms with E-state index >= 15 is 0 Å². The first-order valence-electron chi connectivity index (χ1n) is 13.5. The van der Waals surface area contributed by atoms with Crippen molar-refractivity contribution < 1.29 is 9.53 Å². The molecule has 1 unspecified atom stereocenters. The van der Waals surface area contributed by atoms with Gasteiger partial charge in [0.2, 0.25) is 5.91 Å². The van der Waals surface area contributed by atoms with Gasteiger partial charge >= 0.3 is 0 Å². The number of morpholine rings is 1. The monoisotopic (exact) mass is 504 g/mol. The summed E-state index contributed by atoms with van der Waals surface area (Å²) in [5.74, 6) is 0.317. The van der Waals surface area contributed by atoms with Crippen LogP contribution in [0, 0.1) is 0 Å². The minimum atomic E-state index is -0.419. The van der Waals surface area contributed by atoms with Crippen LogP contribution in [0.2, 0.25) is 0 Å². The number of para-hydroxylation sites is 1. The minimum absolute atomic E-state index is 0.122. The third-order valence-electron chi connectivity index (χ3n) is 8.36. The summed E-state index contributed by atoms with van der Waals surface area (Å²) in [6.45, 7) is 7.19. The predicted molar refractivity (Wildman–Crippen MR) is 151 cm³/mol. The van der Waals surface area contributed by atoms with Crippen LogP contribution in [0.3, 0.4) is 0 Å². The fraction of sp³-hybridized carbons (Fsp3) is 0.312. The number of anilines is 1. The summed E-state index contributed by atoms with van der Waals surface area (Å²) in [4.78, 5) is 15.4. The van der Waals surface area contributed by atoms with Gasteiger partial charge in [0.15, 0.2) is 0 Å². The van der Waals surface area contributed by atoms with Crippen LogP contribution in [0.25, 0.3) is 23.1 Å². The summed E-state index contributed by atoms with van der Waals surface area (Å²) < 4.78 is 5.86. The molecule has 1 spiro atoms. The summed E-state index contributed by atoms with van der Waals surface area (Å²) in [5, 5.41) is 11.9. The number of H-pyrrole nitrogens is 1. The molecule has 3 aliphatic rings. The van der Waals surface area contributed by atoms with E-state index < -0.39 is 5.41 Å². The Morgan fingerprint density at radius 2 is 1.82 bits per heavy atom. The first-order valence-corrected chi connectivity index (χ1v) is 13.5. The number of nitrogens with one attached hydrogen (secondary N) is 2. The third kappa shape index (κ3) is 3.96. The molecule has 192 valence electrons. The smallest absolute Gasteiger partial charge is 0.235 e. The quantitative estimate of drug-likeness (QED) is 0.365. The average molecular weight is 505 g/mol. The number of carbonyl (C=O) groups excluding carboxylic acids is 1. The molecule has 4 atom stereocenters. The molecule has 7 rings (SSSR count). The lowest BCUT2D eigenvalue weighted by molar-refractivity contribution is -0.118. The molecule has 1 aliphatic carbocycles. The van der Waals surface area contributed by atoms with Gasteiger partial charge in [0.05, 0.1) is 28.8 Å². The van der Waals surface area contributed by atoms with Crippen LogP contribution in [-0.4, -0.2) is 46.3 Å². The highest BCUT2D eigenvalue weighted by molar-refractivity contribution is 6.09. The molecule has 1 amide bonds. The van der Waals surface area contributed by atoms with E-state index in [1.54, 1.807) is 0 Å². The molecule has 6 heteroatoms. The van der Waals surface area contributed by atoms with Crippen molar-refractivity contribution in [2.75, 3.05) is 18.4 Å². The predicted octanol–water partition coefficient (Wildman–Crippen LogP) is 5.72. The van der Waals surface area contributed by atoms with Gasteiger partial charge in [0.25, 0.3) is 0 Å². The molecule has 3 aromatic carbocycles. The zero-order chi connectivity index (χ0) is 25.9. The molecule has 6 nitrogen and oxygen atoms in total. The number of aromatic amines is 1. The van der Waals surface area contributed by atoms with Gasteiger partial charge in [-0.1, -0.05) is 60.7 Å². The average Bonchev–Trinajstić information content (AvgIpc) is 3.44. The molecule has 2 N–H and O–H groups in total. The zero-order valence-electron chi connectivity index (χ0n) is 21.8. The summed E-state index contributed by atoms with van der Waals surface area (Å²) in [6, 6.07) is 23.3. The molecular formula is C32H32N4O2. The molecule has 1 saturated heterocycles.